The van der Waals surface area contributed by atoms with Crippen LogP contribution < -0.4 is 9.57 Å². The molecule has 2 aliphatic heterocycles. The van der Waals surface area contributed by atoms with Crippen LogP contribution in [0.15, 0.2) is 42.5 Å². The Labute approximate surface area is 197 Å². The predicted octanol–water partition coefficient (Wildman–Crippen LogP) is 5.92. The van der Waals surface area contributed by atoms with Crippen LogP contribution in [0.4, 0.5) is 13.2 Å². The van der Waals surface area contributed by atoms with Crippen molar-refractivity contribution in [3.8, 4) is 11.5 Å². The lowest BCUT2D eigenvalue weighted by Gasteiger charge is -2.34. The summed E-state index contributed by atoms with van der Waals surface area (Å²) in [7, 11) is 0. The first-order valence-corrected chi connectivity index (χ1v) is 11.7. The van der Waals surface area contributed by atoms with Gasteiger partial charge in [0.2, 0.25) is 0 Å². The van der Waals surface area contributed by atoms with Crippen molar-refractivity contribution in [1.29, 1.82) is 0 Å². The summed E-state index contributed by atoms with van der Waals surface area (Å²) in [5.41, 5.74) is -0.103. The first-order chi connectivity index (χ1) is 16.2. The molecule has 0 N–H and O–H groups in total. The van der Waals surface area contributed by atoms with E-state index in [1.807, 2.05) is 13.8 Å². The number of carbonyl (C=O) groups is 1. The Morgan fingerprint density at radius 3 is 2.56 bits per heavy atom. The maximum absolute atomic E-state index is 13.5. The molecule has 2 aromatic rings. The van der Waals surface area contributed by atoms with Crippen LogP contribution in [0.2, 0.25) is 0 Å². The zero-order valence-electron chi connectivity index (χ0n) is 19.4. The number of hydrogen-bond donors (Lipinski definition) is 0. The molecule has 0 aliphatic carbocycles. The third-order valence-corrected chi connectivity index (χ3v) is 6.18. The summed E-state index contributed by atoms with van der Waals surface area (Å²) in [5, 5.41) is 1.51. The molecule has 2 aromatic carbocycles. The molecule has 0 aromatic heterocycles. The monoisotopic (exact) mass is 477 g/mol. The Balaban J connectivity index is 1.51. The summed E-state index contributed by atoms with van der Waals surface area (Å²) in [6.07, 6.45) is -2.56. The highest BCUT2D eigenvalue weighted by Crippen LogP contribution is 2.36. The molecule has 1 fully saturated rings. The molecule has 2 heterocycles. The number of carbonyl (C=O) groups excluding carboxylic acids is 1. The molecule has 0 saturated carbocycles. The third kappa shape index (κ3) is 5.91. The zero-order valence-corrected chi connectivity index (χ0v) is 19.4. The SMILES string of the molecule is CC(C)CN(Cc1ccccc1C(F)(F)F)Oc1ccc2c(c1)C(=O)CC(C1CCOCC1)O2. The summed E-state index contributed by atoms with van der Waals surface area (Å²) in [4.78, 5) is 18.9. The van der Waals surface area contributed by atoms with Crippen LogP contribution >= 0.6 is 0 Å². The fraction of sp³-hybridized carbons (Fsp3) is 0.500. The molecule has 0 amide bonds. The van der Waals surface area contributed by atoms with E-state index in [1.165, 1.54) is 17.2 Å². The molecule has 0 radical (unpaired) electrons. The molecule has 5 nitrogen and oxygen atoms in total. The highest BCUT2D eigenvalue weighted by Gasteiger charge is 2.35. The van der Waals surface area contributed by atoms with E-state index in [1.54, 1.807) is 24.3 Å². The number of ether oxygens (including phenoxy) is 2. The second kappa shape index (κ2) is 10.4. The fourth-order valence-electron chi connectivity index (χ4n) is 4.55. The molecule has 1 atom stereocenters. The van der Waals surface area contributed by atoms with E-state index in [9.17, 15) is 18.0 Å². The average molecular weight is 478 g/mol. The highest BCUT2D eigenvalue weighted by atomic mass is 19.4. The molecule has 8 heteroatoms. The smallest absolute Gasteiger partial charge is 0.416 e. The molecule has 1 saturated heterocycles. The van der Waals surface area contributed by atoms with Gasteiger partial charge in [0.1, 0.15) is 17.6 Å². The normalized spacial score (nSPS) is 19.3. The Morgan fingerprint density at radius 2 is 1.85 bits per heavy atom. The number of Topliss-reactive ketones (excluding diaryl/α,β-unsaturated/α-hetero) is 1. The zero-order chi connectivity index (χ0) is 24.3. The second-order valence-corrected chi connectivity index (χ2v) is 9.35. The lowest BCUT2D eigenvalue weighted by atomic mass is 9.87. The molecule has 1 unspecified atom stereocenters. The van der Waals surface area contributed by atoms with Crippen molar-refractivity contribution < 1.29 is 32.3 Å². The minimum absolute atomic E-state index is 0.0129. The quantitative estimate of drug-likeness (QED) is 0.464. The van der Waals surface area contributed by atoms with Gasteiger partial charge in [0.25, 0.3) is 0 Å². The van der Waals surface area contributed by atoms with Gasteiger partial charge in [-0.15, -0.1) is 5.06 Å². The molecular formula is C26H30F3NO4. The first kappa shape index (κ1) is 24.5. The topological polar surface area (TPSA) is 48.0 Å². The van der Waals surface area contributed by atoms with Gasteiger partial charge in [-0.1, -0.05) is 32.0 Å². The van der Waals surface area contributed by atoms with Gasteiger partial charge in [0.15, 0.2) is 5.78 Å². The molecular weight excluding hydrogens is 447 g/mol. The maximum atomic E-state index is 13.5. The van der Waals surface area contributed by atoms with Crippen LogP contribution in [0.3, 0.4) is 0 Å². The Bertz CT molecular complexity index is 1000. The minimum atomic E-state index is -4.45. The molecule has 0 bridgehead atoms. The van der Waals surface area contributed by atoms with Crippen molar-refractivity contribution in [2.45, 2.75) is 51.9 Å². The molecule has 184 valence electrons. The number of hydrogen-bond acceptors (Lipinski definition) is 5. The van der Waals surface area contributed by atoms with E-state index in [0.717, 1.165) is 18.9 Å². The van der Waals surface area contributed by atoms with Gasteiger partial charge < -0.3 is 14.3 Å². The highest BCUT2D eigenvalue weighted by molar-refractivity contribution is 6.00. The van der Waals surface area contributed by atoms with Gasteiger partial charge in [-0.3, -0.25) is 4.79 Å². The van der Waals surface area contributed by atoms with E-state index in [-0.39, 0.29) is 35.8 Å². The Morgan fingerprint density at radius 1 is 1.12 bits per heavy atom. The number of alkyl halides is 3. The molecule has 2 aliphatic rings. The van der Waals surface area contributed by atoms with Crippen molar-refractivity contribution in [2.24, 2.45) is 11.8 Å². The predicted molar refractivity (Wildman–Crippen MR) is 121 cm³/mol. The van der Waals surface area contributed by atoms with E-state index in [0.29, 0.717) is 43.2 Å². The van der Waals surface area contributed by atoms with Gasteiger partial charge in [-0.25, -0.2) is 0 Å². The van der Waals surface area contributed by atoms with Gasteiger partial charge in [-0.2, -0.15) is 13.2 Å². The number of ketones is 1. The Kier molecular flexibility index (Phi) is 7.48. The molecule has 34 heavy (non-hydrogen) atoms. The number of fused-ring (bicyclic) bond motifs is 1. The maximum Gasteiger partial charge on any atom is 0.416 e. The fourth-order valence-corrected chi connectivity index (χ4v) is 4.55. The molecule has 4 rings (SSSR count). The van der Waals surface area contributed by atoms with Crippen molar-refractivity contribution >= 4 is 5.78 Å². The molecule has 0 spiro atoms. The number of rotatable bonds is 7. The van der Waals surface area contributed by atoms with Crippen LogP contribution in [0.1, 0.15) is 54.6 Å². The van der Waals surface area contributed by atoms with Gasteiger partial charge in [0, 0.05) is 32.1 Å². The third-order valence-electron chi connectivity index (χ3n) is 6.18. The van der Waals surface area contributed by atoms with Crippen LogP contribution in [0.25, 0.3) is 0 Å². The van der Waals surface area contributed by atoms with E-state index in [4.69, 9.17) is 14.3 Å². The number of hydroxylamine groups is 2. The number of benzene rings is 2. The summed E-state index contributed by atoms with van der Waals surface area (Å²) in [6, 6.07) is 10.5. The van der Waals surface area contributed by atoms with Gasteiger partial charge in [0.05, 0.1) is 17.7 Å². The van der Waals surface area contributed by atoms with Gasteiger partial charge in [-0.05, 0) is 48.6 Å². The van der Waals surface area contributed by atoms with Crippen molar-refractivity contribution in [3.05, 3.63) is 59.2 Å². The number of halogens is 3. The van der Waals surface area contributed by atoms with E-state index < -0.39 is 11.7 Å². The van der Waals surface area contributed by atoms with Crippen LogP contribution in [0.5, 0.6) is 11.5 Å². The van der Waals surface area contributed by atoms with E-state index >= 15 is 0 Å². The largest absolute Gasteiger partial charge is 0.489 e. The average Bonchev–Trinajstić information content (AvgIpc) is 2.79. The minimum Gasteiger partial charge on any atom is -0.489 e. The van der Waals surface area contributed by atoms with Crippen LogP contribution in [-0.2, 0) is 17.5 Å². The summed E-state index contributed by atoms with van der Waals surface area (Å²) < 4.78 is 52.0. The summed E-state index contributed by atoms with van der Waals surface area (Å²) in [5.74, 6) is 1.35. The van der Waals surface area contributed by atoms with Crippen molar-refractivity contribution in [3.63, 3.8) is 0 Å². The first-order valence-electron chi connectivity index (χ1n) is 11.7. The second-order valence-electron chi connectivity index (χ2n) is 9.35. The van der Waals surface area contributed by atoms with Crippen LogP contribution in [-0.4, -0.2) is 36.7 Å². The number of nitrogens with zero attached hydrogens (tertiary/aromatic N) is 1. The van der Waals surface area contributed by atoms with Crippen LogP contribution in [0, 0.1) is 11.8 Å². The Hall–Kier alpha value is -2.58. The van der Waals surface area contributed by atoms with Crippen molar-refractivity contribution in [2.75, 3.05) is 19.8 Å². The lowest BCUT2D eigenvalue weighted by molar-refractivity contribution is -0.139. The van der Waals surface area contributed by atoms with Crippen molar-refractivity contribution in [1.82, 2.24) is 5.06 Å². The standard InChI is InChI=1S/C26H30F3NO4/c1-17(2)15-30(16-19-5-3-4-6-22(19)26(27,28)29)34-20-7-8-24-21(13-20)23(31)14-25(33-24)18-9-11-32-12-10-18/h3-8,13,17-18,25H,9-12,14-16H2,1-2H3. The van der Waals surface area contributed by atoms with Gasteiger partial charge >= 0.3 is 6.18 Å². The summed E-state index contributed by atoms with van der Waals surface area (Å²) in [6.45, 7) is 5.67. The van der Waals surface area contributed by atoms with E-state index in [2.05, 4.69) is 0 Å². The summed E-state index contributed by atoms with van der Waals surface area (Å²) >= 11 is 0. The lowest BCUT2D eigenvalue weighted by Crippen LogP contribution is -2.37.